The first-order valence-corrected chi connectivity index (χ1v) is 5.60. The van der Waals surface area contributed by atoms with Gasteiger partial charge >= 0.3 is 0 Å². The number of halogens is 1. The normalized spacial score (nSPS) is 19.1. The number of piperidine rings is 1. The molecular formula is C12H15FN2O2. The van der Waals surface area contributed by atoms with Gasteiger partial charge in [0.2, 0.25) is 0 Å². The van der Waals surface area contributed by atoms with E-state index in [1.54, 1.807) is 11.8 Å². The van der Waals surface area contributed by atoms with Crippen molar-refractivity contribution in [1.82, 2.24) is 9.88 Å². The number of rotatable bonds is 1. The molecule has 1 amide bonds. The van der Waals surface area contributed by atoms with Crippen molar-refractivity contribution in [2.45, 2.75) is 25.4 Å². The molecule has 0 aliphatic carbocycles. The molecule has 0 radical (unpaired) electrons. The number of hydrogen-bond donors (Lipinski definition) is 1. The highest BCUT2D eigenvalue weighted by Gasteiger charge is 2.30. The molecule has 0 saturated carbocycles. The van der Waals surface area contributed by atoms with Gasteiger partial charge in [-0.25, -0.2) is 4.39 Å². The second-order valence-corrected chi connectivity index (χ2v) is 4.68. The maximum Gasteiger partial charge on any atom is 0.255 e. The number of amides is 1. The highest BCUT2D eigenvalue weighted by atomic mass is 19.1. The van der Waals surface area contributed by atoms with E-state index in [0.717, 1.165) is 6.20 Å². The van der Waals surface area contributed by atoms with Crippen LogP contribution < -0.4 is 0 Å². The molecule has 1 aliphatic heterocycles. The summed E-state index contributed by atoms with van der Waals surface area (Å²) >= 11 is 0. The van der Waals surface area contributed by atoms with Gasteiger partial charge in [-0.3, -0.25) is 9.78 Å². The Morgan fingerprint density at radius 3 is 2.71 bits per heavy atom. The Labute approximate surface area is 99.1 Å². The zero-order valence-electron chi connectivity index (χ0n) is 9.69. The fraction of sp³-hybridized carbons (Fsp3) is 0.500. The lowest BCUT2D eigenvalue weighted by Gasteiger charge is -2.35. The molecule has 1 saturated heterocycles. The van der Waals surface area contributed by atoms with E-state index in [1.165, 1.54) is 12.3 Å². The third kappa shape index (κ3) is 2.79. The van der Waals surface area contributed by atoms with Crippen LogP contribution in [0.2, 0.25) is 0 Å². The number of likely N-dealkylation sites (tertiary alicyclic amines) is 1. The SMILES string of the molecule is CC1(O)CCN(C(=O)c2cncc(F)c2)CC1. The van der Waals surface area contributed by atoms with E-state index in [9.17, 15) is 14.3 Å². The van der Waals surface area contributed by atoms with Crippen molar-refractivity contribution in [3.05, 3.63) is 29.8 Å². The van der Waals surface area contributed by atoms with Crippen LogP contribution in [0.15, 0.2) is 18.5 Å². The Morgan fingerprint density at radius 1 is 1.47 bits per heavy atom. The zero-order chi connectivity index (χ0) is 12.5. The van der Waals surface area contributed by atoms with Gasteiger partial charge in [0, 0.05) is 19.3 Å². The first kappa shape index (κ1) is 12.0. The average molecular weight is 238 g/mol. The third-order valence-corrected chi connectivity index (χ3v) is 3.08. The molecule has 2 rings (SSSR count). The van der Waals surface area contributed by atoms with E-state index >= 15 is 0 Å². The van der Waals surface area contributed by atoms with E-state index in [-0.39, 0.29) is 11.5 Å². The van der Waals surface area contributed by atoms with Crippen molar-refractivity contribution in [3.8, 4) is 0 Å². The van der Waals surface area contributed by atoms with E-state index in [2.05, 4.69) is 4.98 Å². The van der Waals surface area contributed by atoms with Gasteiger partial charge in [0.25, 0.3) is 5.91 Å². The minimum absolute atomic E-state index is 0.229. The number of nitrogens with zero attached hydrogens (tertiary/aromatic N) is 2. The van der Waals surface area contributed by atoms with Crippen LogP contribution in [0.3, 0.4) is 0 Å². The molecule has 92 valence electrons. The van der Waals surface area contributed by atoms with Crippen molar-refractivity contribution < 1.29 is 14.3 Å². The molecule has 0 spiro atoms. The van der Waals surface area contributed by atoms with Crippen LogP contribution in [0.4, 0.5) is 4.39 Å². The lowest BCUT2D eigenvalue weighted by atomic mass is 9.93. The Morgan fingerprint density at radius 2 is 2.12 bits per heavy atom. The molecular weight excluding hydrogens is 223 g/mol. The molecule has 4 nitrogen and oxygen atoms in total. The predicted octanol–water partition coefficient (Wildman–Crippen LogP) is 1.21. The van der Waals surface area contributed by atoms with Crippen LogP contribution in [-0.2, 0) is 0 Å². The standard InChI is InChI=1S/C12H15FN2O2/c1-12(17)2-4-15(5-3-12)11(16)9-6-10(13)8-14-7-9/h6-8,17H,2-5H2,1H3. The quantitative estimate of drug-likeness (QED) is 0.800. The van der Waals surface area contributed by atoms with Crippen molar-refractivity contribution in [2.75, 3.05) is 13.1 Å². The van der Waals surface area contributed by atoms with Crippen LogP contribution in [0.25, 0.3) is 0 Å². The molecule has 0 aromatic carbocycles. The van der Waals surface area contributed by atoms with Crippen LogP contribution in [-0.4, -0.2) is 39.6 Å². The summed E-state index contributed by atoms with van der Waals surface area (Å²) in [6, 6.07) is 1.18. The molecule has 0 atom stereocenters. The van der Waals surface area contributed by atoms with Crippen LogP contribution in [0.5, 0.6) is 0 Å². The van der Waals surface area contributed by atoms with Gasteiger partial charge in [-0.1, -0.05) is 0 Å². The predicted molar refractivity (Wildman–Crippen MR) is 60.0 cm³/mol. The van der Waals surface area contributed by atoms with Gasteiger partial charge in [-0.2, -0.15) is 0 Å². The van der Waals surface area contributed by atoms with Crippen molar-refractivity contribution >= 4 is 5.91 Å². The second-order valence-electron chi connectivity index (χ2n) is 4.68. The first-order chi connectivity index (χ1) is 7.98. The third-order valence-electron chi connectivity index (χ3n) is 3.08. The first-order valence-electron chi connectivity index (χ1n) is 5.60. The maximum absolute atomic E-state index is 12.9. The summed E-state index contributed by atoms with van der Waals surface area (Å²) in [4.78, 5) is 17.3. The summed E-state index contributed by atoms with van der Waals surface area (Å²) < 4.78 is 12.9. The number of carbonyl (C=O) groups is 1. The number of pyridine rings is 1. The molecule has 1 aromatic heterocycles. The molecule has 0 unspecified atom stereocenters. The largest absolute Gasteiger partial charge is 0.390 e. The minimum Gasteiger partial charge on any atom is -0.390 e. The van der Waals surface area contributed by atoms with Crippen molar-refractivity contribution in [3.63, 3.8) is 0 Å². The topological polar surface area (TPSA) is 53.4 Å². The highest BCUT2D eigenvalue weighted by molar-refractivity contribution is 5.93. The average Bonchev–Trinajstić information content (AvgIpc) is 2.28. The van der Waals surface area contributed by atoms with Gasteiger partial charge in [0.1, 0.15) is 5.82 Å². The van der Waals surface area contributed by atoms with Crippen LogP contribution in [0, 0.1) is 5.82 Å². The molecule has 1 N–H and O–H groups in total. The number of carbonyl (C=O) groups excluding carboxylic acids is 1. The lowest BCUT2D eigenvalue weighted by molar-refractivity contribution is -0.00205. The zero-order valence-corrected chi connectivity index (χ0v) is 9.69. The summed E-state index contributed by atoms with van der Waals surface area (Å²) in [6.45, 7) is 2.74. The van der Waals surface area contributed by atoms with Gasteiger partial charge in [-0.15, -0.1) is 0 Å². The molecule has 1 fully saturated rings. The fourth-order valence-corrected chi connectivity index (χ4v) is 1.90. The summed E-state index contributed by atoms with van der Waals surface area (Å²) in [5.74, 6) is -0.743. The minimum atomic E-state index is -0.697. The summed E-state index contributed by atoms with van der Waals surface area (Å²) in [5.41, 5.74) is -0.441. The summed E-state index contributed by atoms with van der Waals surface area (Å²) in [6.07, 6.45) is 3.51. The van der Waals surface area contributed by atoms with Gasteiger partial charge < -0.3 is 10.0 Å². The fourth-order valence-electron chi connectivity index (χ4n) is 1.90. The number of hydrogen-bond acceptors (Lipinski definition) is 3. The van der Waals surface area contributed by atoms with E-state index < -0.39 is 11.4 Å². The van der Waals surface area contributed by atoms with E-state index in [1.807, 2.05) is 0 Å². The lowest BCUT2D eigenvalue weighted by Crippen LogP contribution is -2.45. The van der Waals surface area contributed by atoms with E-state index in [4.69, 9.17) is 0 Å². The smallest absolute Gasteiger partial charge is 0.255 e. The monoisotopic (exact) mass is 238 g/mol. The molecule has 1 aromatic rings. The van der Waals surface area contributed by atoms with Gasteiger partial charge in [-0.05, 0) is 25.8 Å². The van der Waals surface area contributed by atoms with Crippen LogP contribution in [0.1, 0.15) is 30.1 Å². The van der Waals surface area contributed by atoms with Gasteiger partial charge in [0.15, 0.2) is 0 Å². The molecule has 0 bridgehead atoms. The molecule has 17 heavy (non-hydrogen) atoms. The Hall–Kier alpha value is -1.49. The molecule has 2 heterocycles. The number of aromatic nitrogens is 1. The highest BCUT2D eigenvalue weighted by Crippen LogP contribution is 2.22. The maximum atomic E-state index is 12.9. The Kier molecular flexibility index (Phi) is 3.11. The van der Waals surface area contributed by atoms with E-state index in [0.29, 0.717) is 25.9 Å². The Bertz CT molecular complexity index is 424. The second kappa shape index (κ2) is 4.41. The number of aliphatic hydroxyl groups is 1. The summed E-state index contributed by atoms with van der Waals surface area (Å²) in [7, 11) is 0. The molecule has 1 aliphatic rings. The van der Waals surface area contributed by atoms with Crippen molar-refractivity contribution in [2.24, 2.45) is 0 Å². The van der Waals surface area contributed by atoms with Crippen molar-refractivity contribution in [1.29, 1.82) is 0 Å². The summed E-state index contributed by atoms with van der Waals surface area (Å²) in [5, 5.41) is 9.78. The van der Waals surface area contributed by atoms with Crippen LogP contribution >= 0.6 is 0 Å². The van der Waals surface area contributed by atoms with Gasteiger partial charge in [0.05, 0.1) is 17.4 Å². The molecule has 5 heteroatoms. The Balaban J connectivity index is 2.07.